The van der Waals surface area contributed by atoms with Crippen LogP contribution in [0.5, 0.6) is 0 Å². The van der Waals surface area contributed by atoms with Crippen molar-refractivity contribution in [3.63, 3.8) is 0 Å². The monoisotopic (exact) mass is 444 g/mol. The van der Waals surface area contributed by atoms with Gasteiger partial charge in [0.2, 0.25) is 0 Å². The first-order chi connectivity index (χ1) is 13.6. The first kappa shape index (κ1) is 18.4. The fourth-order valence-corrected chi connectivity index (χ4v) is 3.35. The number of aromatic nitrogens is 4. The molecular weight excluding hydrogens is 428 g/mol. The second-order valence-corrected chi connectivity index (χ2v) is 7.24. The molecule has 1 aliphatic carbocycles. The highest BCUT2D eigenvalue weighted by Gasteiger charge is 2.21. The first-order valence-corrected chi connectivity index (χ1v) is 9.66. The lowest BCUT2D eigenvalue weighted by Crippen LogP contribution is -2.33. The third-order valence-electron chi connectivity index (χ3n) is 4.46. The first-order valence-electron chi connectivity index (χ1n) is 8.86. The van der Waals surface area contributed by atoms with Crippen LogP contribution in [0.15, 0.2) is 45.5 Å². The van der Waals surface area contributed by atoms with Crippen molar-refractivity contribution in [3.8, 4) is 5.69 Å². The molecule has 0 bridgehead atoms. The van der Waals surface area contributed by atoms with Gasteiger partial charge in [-0.05, 0) is 70.4 Å². The summed E-state index contributed by atoms with van der Waals surface area (Å²) in [7, 11) is 0. The zero-order valence-electron chi connectivity index (χ0n) is 14.8. The van der Waals surface area contributed by atoms with Crippen LogP contribution >= 0.6 is 15.9 Å². The molecule has 0 atom stereocenters. The highest BCUT2D eigenvalue weighted by Crippen LogP contribution is 2.18. The second-order valence-electron chi connectivity index (χ2n) is 6.46. The lowest BCUT2D eigenvalue weighted by Gasteiger charge is -2.08. The van der Waals surface area contributed by atoms with Crippen molar-refractivity contribution in [3.05, 3.63) is 52.7 Å². The molecule has 0 saturated heterocycles. The Morgan fingerprint density at radius 2 is 1.82 bits per heavy atom. The van der Waals surface area contributed by atoms with E-state index in [1.54, 1.807) is 36.4 Å². The molecule has 4 rings (SSSR count). The van der Waals surface area contributed by atoms with Gasteiger partial charge in [-0.1, -0.05) is 12.8 Å². The molecule has 10 heteroatoms. The predicted molar refractivity (Wildman–Crippen MR) is 103 cm³/mol. The fourth-order valence-electron chi connectivity index (χ4n) is 3.04. The summed E-state index contributed by atoms with van der Waals surface area (Å²) in [5.41, 5.74) is 1.20. The van der Waals surface area contributed by atoms with Crippen molar-refractivity contribution in [2.75, 3.05) is 5.32 Å². The van der Waals surface area contributed by atoms with Crippen LogP contribution in [0.2, 0.25) is 0 Å². The van der Waals surface area contributed by atoms with Crippen molar-refractivity contribution in [1.29, 1.82) is 0 Å². The van der Waals surface area contributed by atoms with Gasteiger partial charge in [0, 0.05) is 11.7 Å². The Morgan fingerprint density at radius 1 is 1.07 bits per heavy atom. The number of rotatable bonds is 5. The quantitative estimate of drug-likeness (QED) is 0.624. The smallest absolute Gasteiger partial charge is 0.293 e. The van der Waals surface area contributed by atoms with Gasteiger partial charge in [-0.25, -0.2) is 0 Å². The van der Waals surface area contributed by atoms with E-state index in [0.717, 1.165) is 25.7 Å². The zero-order valence-corrected chi connectivity index (χ0v) is 16.3. The number of carbonyl (C=O) groups is 2. The summed E-state index contributed by atoms with van der Waals surface area (Å²) in [6.45, 7) is 0. The minimum Gasteiger partial charge on any atom is -0.444 e. The zero-order chi connectivity index (χ0) is 19.5. The average Bonchev–Trinajstić information content (AvgIpc) is 3.44. The number of halogens is 1. The van der Waals surface area contributed by atoms with Crippen LogP contribution in [-0.2, 0) is 0 Å². The van der Waals surface area contributed by atoms with Crippen LogP contribution in [0.25, 0.3) is 5.69 Å². The third-order valence-corrected chi connectivity index (χ3v) is 4.89. The summed E-state index contributed by atoms with van der Waals surface area (Å²) in [5.74, 6) is -0.436. The summed E-state index contributed by atoms with van der Waals surface area (Å²) in [4.78, 5) is 25.6. The van der Waals surface area contributed by atoms with E-state index in [1.165, 1.54) is 4.80 Å². The summed E-state index contributed by atoms with van der Waals surface area (Å²) in [6, 6.07) is 10.2. The van der Waals surface area contributed by atoms with E-state index in [0.29, 0.717) is 16.0 Å². The maximum atomic E-state index is 12.2. The highest BCUT2D eigenvalue weighted by molar-refractivity contribution is 9.10. The number of hydrogen-bond donors (Lipinski definition) is 2. The minimum atomic E-state index is -0.358. The number of tetrazole rings is 1. The lowest BCUT2D eigenvalue weighted by atomic mass is 10.2. The third kappa shape index (κ3) is 4.11. The fraction of sp³-hybridized carbons (Fsp3) is 0.278. The molecule has 0 radical (unpaired) electrons. The Labute approximate surface area is 168 Å². The van der Waals surface area contributed by atoms with Gasteiger partial charge < -0.3 is 15.1 Å². The molecule has 9 nitrogen and oxygen atoms in total. The standard InChI is InChI=1S/C18H17BrN6O3/c19-15-10-9-14(28-15)17(26)20-12-5-7-13(8-6-12)25-23-16(22-24-25)18(27)21-11-3-1-2-4-11/h5-11H,1-4H2,(H,20,26)(H,21,27). The summed E-state index contributed by atoms with van der Waals surface area (Å²) in [5, 5.41) is 17.6. The van der Waals surface area contributed by atoms with Crippen LogP contribution in [0.1, 0.15) is 46.9 Å². The van der Waals surface area contributed by atoms with Crippen LogP contribution in [0.4, 0.5) is 5.69 Å². The highest BCUT2D eigenvalue weighted by atomic mass is 79.9. The molecule has 2 amide bonds. The number of anilines is 1. The van der Waals surface area contributed by atoms with Crippen LogP contribution in [0, 0.1) is 0 Å². The van der Waals surface area contributed by atoms with Gasteiger partial charge in [0.25, 0.3) is 17.6 Å². The molecular formula is C18H17BrN6O3. The van der Waals surface area contributed by atoms with E-state index >= 15 is 0 Å². The SMILES string of the molecule is O=C(NC1CCCC1)c1nnn(-c2ccc(NC(=O)c3ccc(Br)o3)cc2)n1. The molecule has 3 aromatic rings. The molecule has 2 heterocycles. The molecule has 1 aliphatic rings. The Kier molecular flexibility index (Phi) is 5.20. The van der Waals surface area contributed by atoms with E-state index in [2.05, 4.69) is 42.0 Å². The van der Waals surface area contributed by atoms with Gasteiger partial charge in [-0.3, -0.25) is 9.59 Å². The van der Waals surface area contributed by atoms with Gasteiger partial charge in [0.1, 0.15) is 0 Å². The number of amides is 2. The number of benzene rings is 1. The van der Waals surface area contributed by atoms with Crippen LogP contribution < -0.4 is 10.6 Å². The van der Waals surface area contributed by atoms with Gasteiger partial charge in [-0.15, -0.1) is 15.0 Å². The topological polar surface area (TPSA) is 115 Å². The van der Waals surface area contributed by atoms with Crippen molar-refractivity contribution in [2.45, 2.75) is 31.7 Å². The largest absolute Gasteiger partial charge is 0.444 e. The molecule has 2 aromatic heterocycles. The van der Waals surface area contributed by atoms with E-state index < -0.39 is 0 Å². The number of hydrogen-bond acceptors (Lipinski definition) is 6. The number of furan rings is 1. The Balaban J connectivity index is 1.40. The van der Waals surface area contributed by atoms with Crippen molar-refractivity contribution in [2.24, 2.45) is 0 Å². The van der Waals surface area contributed by atoms with E-state index in [9.17, 15) is 9.59 Å². The van der Waals surface area contributed by atoms with E-state index in [-0.39, 0.29) is 29.4 Å². The molecule has 1 fully saturated rings. The van der Waals surface area contributed by atoms with Crippen molar-refractivity contribution in [1.82, 2.24) is 25.5 Å². The molecule has 28 heavy (non-hydrogen) atoms. The van der Waals surface area contributed by atoms with Crippen LogP contribution in [-0.4, -0.2) is 38.1 Å². The maximum absolute atomic E-state index is 12.2. The summed E-state index contributed by atoms with van der Waals surface area (Å²) >= 11 is 3.16. The van der Waals surface area contributed by atoms with Crippen LogP contribution in [0.3, 0.4) is 0 Å². The minimum absolute atomic E-state index is 0.0349. The van der Waals surface area contributed by atoms with Gasteiger partial charge in [0.05, 0.1) is 5.69 Å². The van der Waals surface area contributed by atoms with Gasteiger partial charge >= 0.3 is 0 Å². The maximum Gasteiger partial charge on any atom is 0.293 e. The van der Waals surface area contributed by atoms with E-state index in [1.807, 2.05) is 0 Å². The second kappa shape index (κ2) is 7.93. The van der Waals surface area contributed by atoms with Gasteiger partial charge in [-0.2, -0.15) is 0 Å². The summed E-state index contributed by atoms with van der Waals surface area (Å²) in [6.07, 6.45) is 4.24. The normalized spacial score (nSPS) is 14.2. The average molecular weight is 445 g/mol. The Bertz CT molecular complexity index is 991. The summed E-state index contributed by atoms with van der Waals surface area (Å²) < 4.78 is 5.70. The van der Waals surface area contributed by atoms with Crippen molar-refractivity contribution >= 4 is 33.4 Å². The number of nitrogens with one attached hydrogen (secondary N) is 2. The number of carbonyl (C=O) groups excluding carboxylic acids is 2. The molecule has 2 N–H and O–H groups in total. The predicted octanol–water partition coefficient (Wildman–Crippen LogP) is 2.94. The molecule has 0 aliphatic heterocycles. The van der Waals surface area contributed by atoms with Crippen molar-refractivity contribution < 1.29 is 14.0 Å². The Morgan fingerprint density at radius 3 is 2.50 bits per heavy atom. The lowest BCUT2D eigenvalue weighted by molar-refractivity contribution is 0.0926. The molecule has 0 unspecified atom stereocenters. The van der Waals surface area contributed by atoms with Gasteiger partial charge in [0.15, 0.2) is 10.4 Å². The molecule has 1 aromatic carbocycles. The van der Waals surface area contributed by atoms with E-state index in [4.69, 9.17) is 4.42 Å². The molecule has 0 spiro atoms. The molecule has 1 saturated carbocycles. The Hall–Kier alpha value is -3.01. The number of nitrogens with zero attached hydrogens (tertiary/aromatic N) is 4. The molecule has 144 valence electrons.